The fraction of sp³-hybridized carbons (Fsp3) is 0.235. The highest BCUT2D eigenvalue weighted by atomic mass is 35.5. The summed E-state index contributed by atoms with van der Waals surface area (Å²) in [6.45, 7) is 0.458. The molecule has 1 amide bonds. The molecule has 0 aromatic heterocycles. The first kappa shape index (κ1) is 14.7. The number of hydrogen-bond acceptors (Lipinski definition) is 3. The summed E-state index contributed by atoms with van der Waals surface area (Å²) in [6, 6.07) is 13.0. The van der Waals surface area contributed by atoms with Crippen molar-refractivity contribution in [2.24, 2.45) is 0 Å². The molecular formula is C17H16ClNO3. The highest BCUT2D eigenvalue weighted by molar-refractivity contribution is 6.30. The number of fused-ring (bicyclic) bond motifs is 1. The van der Waals surface area contributed by atoms with Crippen LogP contribution in [-0.4, -0.2) is 19.1 Å². The number of nitrogens with one attached hydrogen (secondary N) is 1. The first-order valence-electron chi connectivity index (χ1n) is 7.01. The fourth-order valence-corrected chi connectivity index (χ4v) is 2.60. The molecule has 4 nitrogen and oxygen atoms in total. The molecule has 1 heterocycles. The Bertz CT molecular complexity index is 685. The SMILES string of the molecule is COc1ccc(CNC(=O)[C@H]2Cc3cc(Cl)ccc3O2)cc1. The number of amides is 1. The number of carbonyl (C=O) groups is 1. The first-order valence-corrected chi connectivity index (χ1v) is 7.39. The van der Waals surface area contributed by atoms with E-state index < -0.39 is 6.10 Å². The van der Waals surface area contributed by atoms with Gasteiger partial charge in [0.05, 0.1) is 7.11 Å². The van der Waals surface area contributed by atoms with Crippen LogP contribution in [0.25, 0.3) is 0 Å². The average Bonchev–Trinajstić information content (AvgIpc) is 2.96. The Hall–Kier alpha value is -2.20. The summed E-state index contributed by atoms with van der Waals surface area (Å²) < 4.78 is 10.8. The Balaban J connectivity index is 1.57. The quantitative estimate of drug-likeness (QED) is 0.943. The Labute approximate surface area is 134 Å². The van der Waals surface area contributed by atoms with E-state index in [4.69, 9.17) is 21.1 Å². The molecule has 1 atom stereocenters. The molecule has 2 aromatic carbocycles. The maximum atomic E-state index is 12.2. The van der Waals surface area contributed by atoms with Crippen LogP contribution in [0.5, 0.6) is 11.5 Å². The molecule has 0 bridgehead atoms. The van der Waals surface area contributed by atoms with Gasteiger partial charge in [-0.3, -0.25) is 4.79 Å². The van der Waals surface area contributed by atoms with Gasteiger partial charge in [-0.1, -0.05) is 23.7 Å². The first-order chi connectivity index (χ1) is 10.7. The zero-order valence-electron chi connectivity index (χ0n) is 12.1. The molecule has 0 saturated heterocycles. The third-order valence-electron chi connectivity index (χ3n) is 3.62. The van der Waals surface area contributed by atoms with Gasteiger partial charge in [-0.2, -0.15) is 0 Å². The molecule has 22 heavy (non-hydrogen) atoms. The van der Waals surface area contributed by atoms with Gasteiger partial charge < -0.3 is 14.8 Å². The van der Waals surface area contributed by atoms with Crippen molar-refractivity contribution in [1.29, 1.82) is 0 Å². The van der Waals surface area contributed by atoms with Gasteiger partial charge in [0.15, 0.2) is 6.10 Å². The van der Waals surface area contributed by atoms with E-state index in [-0.39, 0.29) is 5.91 Å². The number of rotatable bonds is 4. The van der Waals surface area contributed by atoms with E-state index in [9.17, 15) is 4.79 Å². The molecule has 2 aromatic rings. The number of carbonyl (C=O) groups excluding carboxylic acids is 1. The minimum absolute atomic E-state index is 0.122. The molecule has 3 rings (SSSR count). The maximum absolute atomic E-state index is 12.2. The van der Waals surface area contributed by atoms with Crippen LogP contribution in [0.3, 0.4) is 0 Å². The number of benzene rings is 2. The lowest BCUT2D eigenvalue weighted by Gasteiger charge is -2.11. The second kappa shape index (κ2) is 6.28. The molecule has 0 spiro atoms. The average molecular weight is 318 g/mol. The van der Waals surface area contributed by atoms with Crippen molar-refractivity contribution in [1.82, 2.24) is 5.32 Å². The fourth-order valence-electron chi connectivity index (χ4n) is 2.41. The molecule has 1 aliphatic rings. The monoisotopic (exact) mass is 317 g/mol. The number of halogens is 1. The van der Waals surface area contributed by atoms with Crippen molar-refractivity contribution < 1.29 is 14.3 Å². The summed E-state index contributed by atoms with van der Waals surface area (Å²) in [6.07, 6.45) is 0.0522. The normalized spacial score (nSPS) is 15.8. The Morgan fingerprint density at radius 1 is 1.32 bits per heavy atom. The summed E-state index contributed by atoms with van der Waals surface area (Å²) >= 11 is 5.95. The predicted molar refractivity (Wildman–Crippen MR) is 84.4 cm³/mol. The van der Waals surface area contributed by atoms with Crippen LogP contribution >= 0.6 is 11.6 Å². The Kier molecular flexibility index (Phi) is 4.20. The van der Waals surface area contributed by atoms with Crippen LogP contribution in [0.15, 0.2) is 42.5 Å². The largest absolute Gasteiger partial charge is 0.497 e. The molecule has 0 radical (unpaired) electrons. The van der Waals surface area contributed by atoms with Gasteiger partial charge in [0.25, 0.3) is 5.91 Å². The van der Waals surface area contributed by atoms with Crippen molar-refractivity contribution >= 4 is 17.5 Å². The zero-order valence-corrected chi connectivity index (χ0v) is 12.9. The van der Waals surface area contributed by atoms with Crippen LogP contribution < -0.4 is 14.8 Å². The van der Waals surface area contributed by atoms with E-state index in [1.54, 1.807) is 19.2 Å². The number of methoxy groups -OCH3 is 1. The van der Waals surface area contributed by atoms with E-state index in [1.807, 2.05) is 30.3 Å². The van der Waals surface area contributed by atoms with Gasteiger partial charge in [-0.15, -0.1) is 0 Å². The predicted octanol–water partition coefficient (Wildman–Crippen LogP) is 2.97. The smallest absolute Gasteiger partial charge is 0.261 e. The second-order valence-corrected chi connectivity index (χ2v) is 5.56. The van der Waals surface area contributed by atoms with Crippen molar-refractivity contribution in [3.8, 4) is 11.5 Å². The van der Waals surface area contributed by atoms with Gasteiger partial charge >= 0.3 is 0 Å². The number of ether oxygens (including phenoxy) is 2. The number of hydrogen-bond donors (Lipinski definition) is 1. The van der Waals surface area contributed by atoms with Crippen molar-refractivity contribution in [2.45, 2.75) is 19.1 Å². The third-order valence-corrected chi connectivity index (χ3v) is 3.85. The van der Waals surface area contributed by atoms with Crippen LogP contribution in [0.1, 0.15) is 11.1 Å². The van der Waals surface area contributed by atoms with E-state index in [1.165, 1.54) is 0 Å². The minimum Gasteiger partial charge on any atom is -0.497 e. The lowest BCUT2D eigenvalue weighted by Crippen LogP contribution is -2.36. The third kappa shape index (κ3) is 3.17. The standard InChI is InChI=1S/C17H16ClNO3/c1-21-14-5-2-11(3-6-14)10-19-17(20)16-9-12-8-13(18)4-7-15(12)22-16/h2-8,16H,9-10H2,1H3,(H,19,20)/t16-/m1/s1. The lowest BCUT2D eigenvalue weighted by atomic mass is 10.1. The van der Waals surface area contributed by atoms with E-state index in [2.05, 4.69) is 5.32 Å². The van der Waals surface area contributed by atoms with Gasteiger partial charge in [0.1, 0.15) is 11.5 Å². The van der Waals surface area contributed by atoms with E-state index >= 15 is 0 Å². The molecular weight excluding hydrogens is 302 g/mol. The Morgan fingerprint density at radius 3 is 2.82 bits per heavy atom. The molecule has 5 heteroatoms. The van der Waals surface area contributed by atoms with Gasteiger partial charge in [-0.25, -0.2) is 0 Å². The summed E-state index contributed by atoms with van der Waals surface area (Å²) in [5.74, 6) is 1.40. The molecule has 114 valence electrons. The van der Waals surface area contributed by atoms with Gasteiger partial charge in [0.2, 0.25) is 0 Å². The zero-order chi connectivity index (χ0) is 15.5. The van der Waals surface area contributed by atoms with E-state index in [0.717, 1.165) is 22.6 Å². The molecule has 0 aliphatic carbocycles. The summed E-state index contributed by atoms with van der Waals surface area (Å²) in [7, 11) is 1.62. The van der Waals surface area contributed by atoms with Gasteiger partial charge in [0, 0.05) is 18.0 Å². The second-order valence-electron chi connectivity index (χ2n) is 5.13. The summed E-state index contributed by atoms with van der Waals surface area (Å²) in [5, 5.41) is 3.54. The lowest BCUT2D eigenvalue weighted by molar-refractivity contribution is -0.127. The van der Waals surface area contributed by atoms with Gasteiger partial charge in [-0.05, 0) is 41.5 Å². The summed E-state index contributed by atoms with van der Waals surface area (Å²) in [5.41, 5.74) is 1.98. The van der Waals surface area contributed by atoms with Crippen molar-refractivity contribution in [3.63, 3.8) is 0 Å². The van der Waals surface area contributed by atoms with E-state index in [0.29, 0.717) is 18.0 Å². The van der Waals surface area contributed by atoms with Crippen molar-refractivity contribution in [2.75, 3.05) is 7.11 Å². The maximum Gasteiger partial charge on any atom is 0.261 e. The topological polar surface area (TPSA) is 47.6 Å². The molecule has 1 aliphatic heterocycles. The highest BCUT2D eigenvalue weighted by Crippen LogP contribution is 2.31. The Morgan fingerprint density at radius 2 is 2.09 bits per heavy atom. The van der Waals surface area contributed by atoms with Crippen LogP contribution in [-0.2, 0) is 17.8 Å². The summed E-state index contributed by atoms with van der Waals surface area (Å²) in [4.78, 5) is 12.2. The van der Waals surface area contributed by atoms with Crippen LogP contribution in [0, 0.1) is 0 Å². The van der Waals surface area contributed by atoms with Crippen LogP contribution in [0.2, 0.25) is 5.02 Å². The van der Waals surface area contributed by atoms with Crippen molar-refractivity contribution in [3.05, 3.63) is 58.6 Å². The van der Waals surface area contributed by atoms with Crippen LogP contribution in [0.4, 0.5) is 0 Å². The molecule has 0 saturated carbocycles. The molecule has 1 N–H and O–H groups in total. The molecule has 0 unspecified atom stereocenters. The molecule has 0 fully saturated rings. The minimum atomic E-state index is -0.494. The highest BCUT2D eigenvalue weighted by Gasteiger charge is 2.28.